The molecule has 0 aliphatic rings. The van der Waals surface area contributed by atoms with Crippen molar-refractivity contribution in [1.82, 2.24) is 5.32 Å². The van der Waals surface area contributed by atoms with Crippen LogP contribution < -0.4 is 10.6 Å². The third kappa shape index (κ3) is 7.37. The second-order valence-electron chi connectivity index (χ2n) is 6.84. The molecule has 0 unspecified atom stereocenters. The summed E-state index contributed by atoms with van der Waals surface area (Å²) in [7, 11) is 0. The van der Waals surface area contributed by atoms with Gasteiger partial charge in [0.1, 0.15) is 0 Å². The number of hydrogen-bond acceptors (Lipinski definition) is 4. The predicted molar refractivity (Wildman–Crippen MR) is 114 cm³/mol. The number of carbonyl (C=O) groups excluding carboxylic acids is 2. The molecule has 2 aromatic rings. The van der Waals surface area contributed by atoms with E-state index in [-0.39, 0.29) is 17.9 Å². The third-order valence-corrected chi connectivity index (χ3v) is 4.94. The van der Waals surface area contributed by atoms with Gasteiger partial charge in [-0.2, -0.15) is 0 Å². The van der Waals surface area contributed by atoms with Crippen LogP contribution in [0.4, 0.5) is 5.69 Å². The zero-order valence-electron chi connectivity index (χ0n) is 16.9. The fourth-order valence-corrected chi connectivity index (χ4v) is 3.36. The van der Waals surface area contributed by atoms with Gasteiger partial charge in [-0.05, 0) is 57.5 Å². The van der Waals surface area contributed by atoms with Crippen LogP contribution in [0.3, 0.4) is 0 Å². The van der Waals surface area contributed by atoms with Gasteiger partial charge in [0.2, 0.25) is 5.91 Å². The molecule has 0 fully saturated rings. The van der Waals surface area contributed by atoms with Crippen molar-refractivity contribution in [3.8, 4) is 0 Å². The Kier molecular flexibility index (Phi) is 8.54. The van der Waals surface area contributed by atoms with Crippen LogP contribution in [0.15, 0.2) is 52.3 Å². The lowest BCUT2D eigenvalue weighted by Gasteiger charge is -2.13. The zero-order chi connectivity index (χ0) is 20.5. The summed E-state index contributed by atoms with van der Waals surface area (Å²) in [4.78, 5) is 26.0. The predicted octanol–water partition coefficient (Wildman–Crippen LogP) is 4.65. The normalized spacial score (nSPS) is 10.8. The van der Waals surface area contributed by atoms with Crippen molar-refractivity contribution in [3.63, 3.8) is 0 Å². The number of benzene rings is 2. The first-order valence-electron chi connectivity index (χ1n) is 9.41. The lowest BCUT2D eigenvalue weighted by molar-refractivity contribution is -0.114. The first-order chi connectivity index (χ1) is 13.3. The average molecular weight is 401 g/mol. The van der Waals surface area contributed by atoms with Gasteiger partial charge >= 0.3 is 0 Å². The molecule has 2 amide bonds. The topological polar surface area (TPSA) is 67.4 Å². The summed E-state index contributed by atoms with van der Waals surface area (Å²) in [6.45, 7) is 8.63. The Bertz CT molecular complexity index is 804. The van der Waals surface area contributed by atoms with Crippen molar-refractivity contribution in [2.75, 3.05) is 18.5 Å². The molecule has 0 heterocycles. The third-order valence-electron chi connectivity index (χ3n) is 3.86. The van der Waals surface area contributed by atoms with E-state index in [9.17, 15) is 9.59 Å². The van der Waals surface area contributed by atoms with Crippen molar-refractivity contribution >= 4 is 29.3 Å². The number of carbonyl (C=O) groups is 2. The van der Waals surface area contributed by atoms with Gasteiger partial charge in [-0.25, -0.2) is 0 Å². The van der Waals surface area contributed by atoms with Crippen LogP contribution in [-0.2, 0) is 9.53 Å². The zero-order valence-corrected chi connectivity index (χ0v) is 17.7. The molecule has 6 heteroatoms. The molecule has 0 aromatic heterocycles. The molecule has 0 spiro atoms. The average Bonchev–Trinajstić information content (AvgIpc) is 2.63. The molecule has 2 aromatic carbocycles. The number of hydrogen-bond donors (Lipinski definition) is 2. The number of nitrogens with one attached hydrogen (secondary N) is 2. The first-order valence-corrected chi connectivity index (χ1v) is 10.2. The Morgan fingerprint density at radius 3 is 2.46 bits per heavy atom. The van der Waals surface area contributed by atoms with Crippen molar-refractivity contribution < 1.29 is 14.3 Å². The number of ether oxygens (including phenoxy) is 1. The summed E-state index contributed by atoms with van der Waals surface area (Å²) in [6, 6.07) is 13.5. The summed E-state index contributed by atoms with van der Waals surface area (Å²) >= 11 is 1.55. The van der Waals surface area contributed by atoms with Gasteiger partial charge in [-0.3, -0.25) is 9.59 Å². The van der Waals surface area contributed by atoms with Crippen molar-refractivity contribution in [2.24, 2.45) is 0 Å². The lowest BCUT2D eigenvalue weighted by Crippen LogP contribution is -2.25. The molecule has 0 atom stereocenters. The molecule has 0 bridgehead atoms. The molecule has 0 saturated carbocycles. The van der Waals surface area contributed by atoms with Crippen LogP contribution in [-0.4, -0.2) is 31.1 Å². The Labute approximate surface area is 171 Å². The minimum Gasteiger partial charge on any atom is -0.379 e. The molecule has 0 aliphatic heterocycles. The minimum absolute atomic E-state index is 0.164. The SMILES string of the molecule is CC(=O)Nc1cc(C(=O)NCCCOC(C)C)ccc1Sc1ccc(C)cc1. The quantitative estimate of drug-likeness (QED) is 0.601. The maximum atomic E-state index is 12.4. The van der Waals surface area contributed by atoms with Gasteiger partial charge in [0.25, 0.3) is 5.91 Å². The molecule has 0 aliphatic carbocycles. The molecule has 2 rings (SSSR count). The number of aryl methyl sites for hydroxylation is 1. The summed E-state index contributed by atoms with van der Waals surface area (Å²) in [5.41, 5.74) is 2.34. The van der Waals surface area contributed by atoms with E-state index in [0.29, 0.717) is 24.4 Å². The number of amides is 2. The van der Waals surface area contributed by atoms with Crippen molar-refractivity contribution in [1.29, 1.82) is 0 Å². The van der Waals surface area contributed by atoms with Gasteiger partial charge in [-0.1, -0.05) is 29.5 Å². The molecular formula is C22H28N2O3S. The Balaban J connectivity index is 2.06. The molecule has 28 heavy (non-hydrogen) atoms. The summed E-state index contributed by atoms with van der Waals surface area (Å²) in [5, 5.41) is 5.72. The van der Waals surface area contributed by atoms with E-state index in [0.717, 1.165) is 16.2 Å². The van der Waals surface area contributed by atoms with E-state index in [1.165, 1.54) is 12.5 Å². The first kappa shape index (κ1) is 22.0. The van der Waals surface area contributed by atoms with Gasteiger partial charge in [0, 0.05) is 35.4 Å². The fourth-order valence-electron chi connectivity index (χ4n) is 2.48. The smallest absolute Gasteiger partial charge is 0.251 e. The van der Waals surface area contributed by atoms with Crippen LogP contribution >= 0.6 is 11.8 Å². The summed E-state index contributed by atoms with van der Waals surface area (Å²) < 4.78 is 5.47. The van der Waals surface area contributed by atoms with Crippen LogP contribution in [0.25, 0.3) is 0 Å². The summed E-state index contributed by atoms with van der Waals surface area (Å²) in [6.07, 6.45) is 0.943. The highest BCUT2D eigenvalue weighted by Crippen LogP contribution is 2.34. The molecule has 2 N–H and O–H groups in total. The van der Waals surface area contributed by atoms with E-state index in [4.69, 9.17) is 4.74 Å². The highest BCUT2D eigenvalue weighted by molar-refractivity contribution is 7.99. The maximum Gasteiger partial charge on any atom is 0.251 e. The van der Waals surface area contributed by atoms with Crippen LogP contribution in [0.5, 0.6) is 0 Å². The van der Waals surface area contributed by atoms with E-state index in [2.05, 4.69) is 10.6 Å². The van der Waals surface area contributed by atoms with Gasteiger partial charge < -0.3 is 15.4 Å². The van der Waals surface area contributed by atoms with E-state index < -0.39 is 0 Å². The van der Waals surface area contributed by atoms with Gasteiger partial charge in [0.15, 0.2) is 0 Å². The maximum absolute atomic E-state index is 12.4. The Hall–Kier alpha value is -2.31. The number of rotatable bonds is 9. The van der Waals surface area contributed by atoms with Crippen molar-refractivity contribution in [3.05, 3.63) is 53.6 Å². The van der Waals surface area contributed by atoms with Crippen LogP contribution in [0, 0.1) is 6.92 Å². The monoisotopic (exact) mass is 400 g/mol. The molecule has 5 nitrogen and oxygen atoms in total. The Morgan fingerprint density at radius 1 is 1.11 bits per heavy atom. The standard InChI is InChI=1S/C22H28N2O3S/c1-15(2)27-13-5-12-23-22(26)18-8-11-21(20(14-18)24-17(4)25)28-19-9-6-16(3)7-10-19/h6-11,14-15H,5,12-13H2,1-4H3,(H,23,26)(H,24,25). The highest BCUT2D eigenvalue weighted by atomic mass is 32.2. The largest absolute Gasteiger partial charge is 0.379 e. The number of anilines is 1. The molecule has 0 saturated heterocycles. The van der Waals surface area contributed by atoms with Crippen molar-refractivity contribution in [2.45, 2.75) is 50.0 Å². The fraction of sp³-hybridized carbons (Fsp3) is 0.364. The van der Waals surface area contributed by atoms with E-state index >= 15 is 0 Å². The van der Waals surface area contributed by atoms with Gasteiger partial charge in [-0.15, -0.1) is 0 Å². The molecule has 0 radical (unpaired) electrons. The minimum atomic E-state index is -0.172. The second kappa shape index (κ2) is 10.9. The highest BCUT2D eigenvalue weighted by Gasteiger charge is 2.12. The lowest BCUT2D eigenvalue weighted by atomic mass is 10.2. The summed E-state index contributed by atoms with van der Waals surface area (Å²) in [5.74, 6) is -0.336. The second-order valence-corrected chi connectivity index (χ2v) is 7.95. The molecular weight excluding hydrogens is 372 g/mol. The molecule has 150 valence electrons. The Morgan fingerprint density at radius 2 is 1.82 bits per heavy atom. The van der Waals surface area contributed by atoms with E-state index in [1.807, 2.05) is 51.1 Å². The van der Waals surface area contributed by atoms with E-state index in [1.54, 1.807) is 23.9 Å². The van der Waals surface area contributed by atoms with Gasteiger partial charge in [0.05, 0.1) is 11.8 Å². The van der Waals surface area contributed by atoms with Crippen LogP contribution in [0.2, 0.25) is 0 Å². The van der Waals surface area contributed by atoms with Crippen LogP contribution in [0.1, 0.15) is 43.1 Å².